The second-order valence-corrected chi connectivity index (χ2v) is 6.15. The SMILES string of the molecule is N#CC(C#N)=C1c2ccccc2[C@@H]2C(=C(C#N)C#N)c3ccccc3[C@H]12. The van der Waals surface area contributed by atoms with Gasteiger partial charge in [-0.05, 0) is 33.4 Å². The third kappa shape index (κ3) is 1.85. The molecule has 4 heteroatoms. The molecule has 118 valence electrons. The van der Waals surface area contributed by atoms with Gasteiger partial charge in [-0.2, -0.15) is 21.0 Å². The van der Waals surface area contributed by atoms with Gasteiger partial charge in [-0.3, -0.25) is 0 Å². The molecular weight excluding hydrogens is 320 g/mol. The maximum Gasteiger partial charge on any atom is 0.134 e. The van der Waals surface area contributed by atoms with E-state index in [2.05, 4.69) is 0 Å². The highest BCUT2D eigenvalue weighted by Crippen LogP contribution is 2.63. The molecule has 0 unspecified atom stereocenters. The van der Waals surface area contributed by atoms with Gasteiger partial charge in [0.15, 0.2) is 0 Å². The fraction of sp³-hybridized carbons (Fsp3) is 0.0909. The van der Waals surface area contributed by atoms with Gasteiger partial charge in [0.25, 0.3) is 0 Å². The highest BCUT2D eigenvalue weighted by molar-refractivity contribution is 5.98. The summed E-state index contributed by atoms with van der Waals surface area (Å²) in [6, 6.07) is 23.3. The van der Waals surface area contributed by atoms with Crippen molar-refractivity contribution in [1.82, 2.24) is 0 Å². The Kier molecular flexibility index (Phi) is 3.41. The minimum absolute atomic E-state index is 0.0801. The van der Waals surface area contributed by atoms with Crippen LogP contribution >= 0.6 is 0 Å². The van der Waals surface area contributed by atoms with Gasteiger partial charge in [-0.1, -0.05) is 48.5 Å². The lowest BCUT2D eigenvalue weighted by molar-refractivity contribution is 0.846. The van der Waals surface area contributed by atoms with E-state index in [1.165, 1.54) is 0 Å². The predicted molar refractivity (Wildman–Crippen MR) is 94.7 cm³/mol. The van der Waals surface area contributed by atoms with Crippen molar-refractivity contribution in [2.75, 3.05) is 0 Å². The van der Waals surface area contributed by atoms with E-state index in [1.807, 2.05) is 72.8 Å². The van der Waals surface area contributed by atoms with Crippen LogP contribution in [0.15, 0.2) is 59.7 Å². The van der Waals surface area contributed by atoms with E-state index in [0.29, 0.717) is 11.1 Å². The zero-order chi connectivity index (χ0) is 18.3. The quantitative estimate of drug-likeness (QED) is 0.677. The van der Waals surface area contributed by atoms with Crippen molar-refractivity contribution in [3.8, 4) is 24.3 Å². The Bertz CT molecular complexity index is 1060. The van der Waals surface area contributed by atoms with Crippen LogP contribution in [0.25, 0.3) is 11.1 Å². The molecule has 0 fully saturated rings. The summed E-state index contributed by atoms with van der Waals surface area (Å²) in [5, 5.41) is 38.0. The molecule has 4 nitrogen and oxygen atoms in total. The number of hydrogen-bond acceptors (Lipinski definition) is 4. The molecule has 4 rings (SSSR count). The normalized spacial score (nSPS) is 18.5. The molecule has 2 atom stereocenters. The minimum atomic E-state index is -0.232. The molecule has 0 heterocycles. The first-order chi connectivity index (χ1) is 12.8. The molecule has 26 heavy (non-hydrogen) atoms. The molecule has 0 saturated carbocycles. The van der Waals surface area contributed by atoms with Gasteiger partial charge in [-0.15, -0.1) is 0 Å². The molecule has 0 amide bonds. The molecule has 0 spiro atoms. The fourth-order valence-corrected chi connectivity index (χ4v) is 4.24. The van der Waals surface area contributed by atoms with E-state index in [9.17, 15) is 21.0 Å². The third-order valence-corrected chi connectivity index (χ3v) is 5.11. The first kappa shape index (κ1) is 15.4. The third-order valence-electron chi connectivity index (χ3n) is 5.11. The van der Waals surface area contributed by atoms with E-state index in [-0.39, 0.29) is 23.0 Å². The zero-order valence-electron chi connectivity index (χ0n) is 13.6. The van der Waals surface area contributed by atoms with Crippen molar-refractivity contribution >= 4 is 11.1 Å². The molecule has 0 radical (unpaired) electrons. The molecule has 0 bridgehead atoms. The van der Waals surface area contributed by atoms with Crippen molar-refractivity contribution in [2.45, 2.75) is 11.8 Å². The Balaban J connectivity index is 2.17. The lowest BCUT2D eigenvalue weighted by Gasteiger charge is -2.14. The lowest BCUT2D eigenvalue weighted by atomic mass is 9.86. The van der Waals surface area contributed by atoms with Crippen molar-refractivity contribution in [1.29, 1.82) is 21.0 Å². The van der Waals surface area contributed by atoms with Crippen LogP contribution in [0.4, 0.5) is 0 Å². The number of nitriles is 4. The van der Waals surface area contributed by atoms with Crippen LogP contribution in [0.5, 0.6) is 0 Å². The maximum atomic E-state index is 9.50. The van der Waals surface area contributed by atoms with Gasteiger partial charge in [0.2, 0.25) is 0 Å². The van der Waals surface area contributed by atoms with Crippen LogP contribution in [-0.2, 0) is 0 Å². The van der Waals surface area contributed by atoms with Crippen LogP contribution < -0.4 is 0 Å². The Hall–Kier alpha value is -4.12. The van der Waals surface area contributed by atoms with Gasteiger partial charge < -0.3 is 0 Å². The van der Waals surface area contributed by atoms with Crippen LogP contribution in [0, 0.1) is 45.3 Å². The molecule has 0 N–H and O–H groups in total. The van der Waals surface area contributed by atoms with Crippen molar-refractivity contribution in [3.05, 3.63) is 81.9 Å². The maximum absolute atomic E-state index is 9.50. The summed E-state index contributed by atoms with van der Waals surface area (Å²) in [5.41, 5.74) is 5.13. The smallest absolute Gasteiger partial charge is 0.134 e. The number of nitrogens with zero attached hydrogens (tertiary/aromatic N) is 4. The Morgan fingerprint density at radius 3 is 1.27 bits per heavy atom. The summed E-state index contributed by atoms with van der Waals surface area (Å²) >= 11 is 0. The highest BCUT2D eigenvalue weighted by Gasteiger charge is 2.48. The average Bonchev–Trinajstić information content (AvgIpc) is 3.19. The molecule has 0 saturated heterocycles. The van der Waals surface area contributed by atoms with Gasteiger partial charge in [0, 0.05) is 11.8 Å². The minimum Gasteiger partial charge on any atom is -0.192 e. The zero-order valence-corrected chi connectivity index (χ0v) is 13.6. The van der Waals surface area contributed by atoms with E-state index >= 15 is 0 Å². The first-order valence-corrected chi connectivity index (χ1v) is 8.04. The van der Waals surface area contributed by atoms with Crippen LogP contribution in [0.2, 0.25) is 0 Å². The number of fused-ring (bicyclic) bond motifs is 5. The lowest BCUT2D eigenvalue weighted by Crippen LogP contribution is -2.01. The van der Waals surface area contributed by atoms with E-state index in [4.69, 9.17) is 0 Å². The average molecular weight is 330 g/mol. The second-order valence-electron chi connectivity index (χ2n) is 6.15. The van der Waals surface area contributed by atoms with E-state index < -0.39 is 0 Å². The van der Waals surface area contributed by atoms with Crippen molar-refractivity contribution in [2.24, 2.45) is 0 Å². The van der Waals surface area contributed by atoms with Crippen LogP contribution in [-0.4, -0.2) is 0 Å². The molecule has 2 aromatic carbocycles. The molecule has 2 aromatic rings. The van der Waals surface area contributed by atoms with Crippen LogP contribution in [0.1, 0.15) is 34.1 Å². The largest absolute Gasteiger partial charge is 0.192 e. The Morgan fingerprint density at radius 2 is 0.923 bits per heavy atom. The van der Waals surface area contributed by atoms with Crippen molar-refractivity contribution in [3.63, 3.8) is 0 Å². The summed E-state index contributed by atoms with van der Waals surface area (Å²) in [5.74, 6) is -0.464. The topological polar surface area (TPSA) is 95.2 Å². The summed E-state index contributed by atoms with van der Waals surface area (Å²) in [4.78, 5) is 0. The summed E-state index contributed by atoms with van der Waals surface area (Å²) in [6.07, 6.45) is 0. The Labute approximate surface area is 150 Å². The number of allylic oxidation sites excluding steroid dienone is 4. The van der Waals surface area contributed by atoms with E-state index in [0.717, 1.165) is 22.3 Å². The van der Waals surface area contributed by atoms with Crippen LogP contribution in [0.3, 0.4) is 0 Å². The monoisotopic (exact) mass is 330 g/mol. The summed E-state index contributed by atoms with van der Waals surface area (Å²) < 4.78 is 0. The van der Waals surface area contributed by atoms with Gasteiger partial charge in [-0.25, -0.2) is 0 Å². The predicted octanol–water partition coefficient (Wildman–Crippen LogP) is 4.18. The van der Waals surface area contributed by atoms with E-state index in [1.54, 1.807) is 0 Å². The molecule has 2 aliphatic rings. The number of rotatable bonds is 0. The molecule has 2 aliphatic carbocycles. The summed E-state index contributed by atoms with van der Waals surface area (Å²) in [6.45, 7) is 0. The highest BCUT2D eigenvalue weighted by atomic mass is 14.5. The second kappa shape index (κ2) is 5.75. The first-order valence-electron chi connectivity index (χ1n) is 8.04. The Morgan fingerprint density at radius 1 is 0.577 bits per heavy atom. The summed E-state index contributed by atoms with van der Waals surface area (Å²) in [7, 11) is 0. The molecular formula is C22H10N4. The molecule has 0 aromatic heterocycles. The standard InChI is InChI=1S/C22H10N4/c23-9-13(10-24)19-15-5-1-3-7-17(15)21-20(14(11-25)12-26)16-6-2-4-8-18(16)22(19)21/h1-8,21-22H/t21-,22-/m1/s1. The van der Waals surface area contributed by atoms with Crippen molar-refractivity contribution < 1.29 is 0 Å². The number of hydrogen-bond donors (Lipinski definition) is 0. The molecule has 0 aliphatic heterocycles. The van der Waals surface area contributed by atoms with Gasteiger partial charge in [0.05, 0.1) is 0 Å². The fourth-order valence-electron chi connectivity index (χ4n) is 4.24. The van der Waals surface area contributed by atoms with Gasteiger partial charge >= 0.3 is 0 Å². The van der Waals surface area contributed by atoms with Gasteiger partial charge in [0.1, 0.15) is 35.4 Å². The number of benzene rings is 2.